The first kappa shape index (κ1) is 11.4. The highest BCUT2D eigenvalue weighted by Crippen LogP contribution is 2.45. The SMILES string of the molecule is C[C@@H]1CCC[C@@](C)([C@@H](O)c2ccco2)C1=O. The van der Waals surface area contributed by atoms with Gasteiger partial charge in [-0.15, -0.1) is 0 Å². The second kappa shape index (κ2) is 4.06. The lowest BCUT2D eigenvalue weighted by Gasteiger charge is -2.38. The molecule has 1 aromatic heterocycles. The highest BCUT2D eigenvalue weighted by Gasteiger charge is 2.46. The molecule has 0 aromatic carbocycles. The van der Waals surface area contributed by atoms with Crippen molar-refractivity contribution in [3.05, 3.63) is 24.2 Å². The van der Waals surface area contributed by atoms with Crippen LogP contribution in [0.5, 0.6) is 0 Å². The zero-order valence-electron chi connectivity index (χ0n) is 9.77. The number of Topliss-reactive ketones (excluding diaryl/α,β-unsaturated/α-hetero) is 1. The van der Waals surface area contributed by atoms with E-state index < -0.39 is 11.5 Å². The van der Waals surface area contributed by atoms with Crippen molar-refractivity contribution < 1.29 is 14.3 Å². The van der Waals surface area contributed by atoms with E-state index in [9.17, 15) is 9.90 Å². The molecule has 0 unspecified atom stereocenters. The number of hydrogen-bond acceptors (Lipinski definition) is 3. The van der Waals surface area contributed by atoms with Gasteiger partial charge in [-0.3, -0.25) is 4.79 Å². The number of hydrogen-bond donors (Lipinski definition) is 1. The fourth-order valence-corrected chi connectivity index (χ4v) is 2.62. The Bertz CT molecular complexity index is 369. The molecule has 3 atom stereocenters. The lowest BCUT2D eigenvalue weighted by Crippen LogP contribution is -2.41. The van der Waals surface area contributed by atoms with E-state index in [0.717, 1.165) is 19.3 Å². The summed E-state index contributed by atoms with van der Waals surface area (Å²) < 4.78 is 5.20. The molecule has 0 saturated heterocycles. The van der Waals surface area contributed by atoms with Gasteiger partial charge >= 0.3 is 0 Å². The van der Waals surface area contributed by atoms with Gasteiger partial charge in [-0.25, -0.2) is 0 Å². The van der Waals surface area contributed by atoms with Crippen molar-refractivity contribution in [2.75, 3.05) is 0 Å². The molecule has 0 aliphatic heterocycles. The molecule has 1 aromatic rings. The minimum atomic E-state index is -0.822. The van der Waals surface area contributed by atoms with E-state index in [4.69, 9.17) is 4.42 Å². The highest BCUT2D eigenvalue weighted by molar-refractivity contribution is 5.87. The third-order valence-corrected chi connectivity index (χ3v) is 3.76. The minimum Gasteiger partial charge on any atom is -0.467 e. The summed E-state index contributed by atoms with van der Waals surface area (Å²) in [6.07, 6.45) is 3.36. The van der Waals surface area contributed by atoms with Crippen LogP contribution in [-0.4, -0.2) is 10.9 Å². The van der Waals surface area contributed by atoms with Crippen LogP contribution in [0.4, 0.5) is 0 Å². The molecule has 1 heterocycles. The van der Waals surface area contributed by atoms with Crippen molar-refractivity contribution >= 4 is 5.78 Å². The van der Waals surface area contributed by atoms with Gasteiger partial charge in [0.15, 0.2) is 0 Å². The molecule has 16 heavy (non-hydrogen) atoms. The van der Waals surface area contributed by atoms with Crippen molar-refractivity contribution in [1.82, 2.24) is 0 Å². The number of ketones is 1. The molecule has 1 fully saturated rings. The third-order valence-electron chi connectivity index (χ3n) is 3.76. The van der Waals surface area contributed by atoms with Gasteiger partial charge in [0, 0.05) is 5.92 Å². The fraction of sp³-hybridized carbons (Fsp3) is 0.615. The van der Waals surface area contributed by atoms with Gasteiger partial charge in [-0.1, -0.05) is 13.3 Å². The zero-order chi connectivity index (χ0) is 11.8. The average Bonchev–Trinajstić information content (AvgIpc) is 2.78. The van der Waals surface area contributed by atoms with Crippen molar-refractivity contribution in [2.24, 2.45) is 11.3 Å². The molecule has 0 radical (unpaired) electrons. The molecule has 3 nitrogen and oxygen atoms in total. The van der Waals surface area contributed by atoms with Crippen LogP contribution in [0.2, 0.25) is 0 Å². The van der Waals surface area contributed by atoms with Crippen LogP contribution < -0.4 is 0 Å². The summed E-state index contributed by atoms with van der Waals surface area (Å²) in [5, 5.41) is 10.3. The molecule has 2 rings (SSSR count). The van der Waals surface area contributed by atoms with E-state index in [1.54, 1.807) is 12.1 Å². The van der Waals surface area contributed by atoms with E-state index in [1.807, 2.05) is 13.8 Å². The molecule has 1 saturated carbocycles. The van der Waals surface area contributed by atoms with Crippen LogP contribution >= 0.6 is 0 Å². The van der Waals surface area contributed by atoms with E-state index in [2.05, 4.69) is 0 Å². The topological polar surface area (TPSA) is 50.4 Å². The lowest BCUT2D eigenvalue weighted by molar-refractivity contribution is -0.143. The molecule has 1 N–H and O–H groups in total. The predicted octanol–water partition coefficient (Wildman–Crippen LogP) is 2.71. The summed E-state index contributed by atoms with van der Waals surface area (Å²) >= 11 is 0. The van der Waals surface area contributed by atoms with Crippen LogP contribution in [0.15, 0.2) is 22.8 Å². The summed E-state index contributed by atoms with van der Waals surface area (Å²) in [5.41, 5.74) is -0.685. The van der Waals surface area contributed by atoms with Gasteiger partial charge in [-0.05, 0) is 31.9 Å². The van der Waals surface area contributed by atoms with Crippen LogP contribution in [0, 0.1) is 11.3 Å². The largest absolute Gasteiger partial charge is 0.467 e. The number of carbonyl (C=O) groups is 1. The van der Waals surface area contributed by atoms with Gasteiger partial charge in [0.25, 0.3) is 0 Å². The smallest absolute Gasteiger partial charge is 0.144 e. The molecule has 3 heteroatoms. The first-order valence-corrected chi connectivity index (χ1v) is 5.81. The molecular formula is C13H18O3. The Morgan fingerprint density at radius 3 is 3.00 bits per heavy atom. The Morgan fingerprint density at radius 1 is 1.62 bits per heavy atom. The van der Waals surface area contributed by atoms with E-state index in [1.165, 1.54) is 6.26 Å². The first-order valence-electron chi connectivity index (χ1n) is 5.81. The maximum atomic E-state index is 12.2. The summed E-state index contributed by atoms with van der Waals surface area (Å²) in [4.78, 5) is 12.2. The number of carbonyl (C=O) groups excluding carboxylic acids is 1. The standard InChI is InChI=1S/C13H18O3/c1-9-5-3-7-13(2,11(9)14)12(15)10-6-4-8-16-10/h4,6,8-9,12,15H,3,5,7H2,1-2H3/t9-,12+,13-/m1/s1. The number of aliphatic hydroxyl groups excluding tert-OH is 1. The normalized spacial score (nSPS) is 32.7. The Morgan fingerprint density at radius 2 is 2.38 bits per heavy atom. The Hall–Kier alpha value is -1.09. The maximum Gasteiger partial charge on any atom is 0.144 e. The second-order valence-corrected chi connectivity index (χ2v) is 4.99. The Kier molecular flexibility index (Phi) is 2.89. The van der Waals surface area contributed by atoms with Gasteiger partial charge in [0.2, 0.25) is 0 Å². The van der Waals surface area contributed by atoms with Crippen LogP contribution in [0.25, 0.3) is 0 Å². The molecule has 1 aliphatic carbocycles. The molecule has 1 aliphatic rings. The van der Waals surface area contributed by atoms with Gasteiger partial charge < -0.3 is 9.52 Å². The first-order chi connectivity index (χ1) is 7.55. The zero-order valence-corrected chi connectivity index (χ0v) is 9.77. The quantitative estimate of drug-likeness (QED) is 0.837. The molecule has 88 valence electrons. The Balaban J connectivity index is 2.27. The number of rotatable bonds is 2. The monoisotopic (exact) mass is 222 g/mol. The Labute approximate surface area is 95.5 Å². The average molecular weight is 222 g/mol. The maximum absolute atomic E-state index is 12.2. The fourth-order valence-electron chi connectivity index (χ4n) is 2.62. The lowest BCUT2D eigenvalue weighted by atomic mass is 9.66. The predicted molar refractivity (Wildman–Crippen MR) is 59.8 cm³/mol. The minimum absolute atomic E-state index is 0.0448. The number of furan rings is 1. The van der Waals surface area contributed by atoms with Crippen molar-refractivity contribution in [3.63, 3.8) is 0 Å². The summed E-state index contributed by atoms with van der Waals surface area (Å²) in [6.45, 7) is 3.78. The van der Waals surface area contributed by atoms with Crippen LogP contribution in [0.1, 0.15) is 45.0 Å². The van der Waals surface area contributed by atoms with E-state index in [0.29, 0.717) is 5.76 Å². The molecule has 0 spiro atoms. The van der Waals surface area contributed by atoms with Crippen molar-refractivity contribution in [1.29, 1.82) is 0 Å². The van der Waals surface area contributed by atoms with E-state index in [-0.39, 0.29) is 11.7 Å². The van der Waals surface area contributed by atoms with Crippen molar-refractivity contribution in [2.45, 2.75) is 39.2 Å². The molecule has 0 bridgehead atoms. The van der Waals surface area contributed by atoms with Crippen molar-refractivity contribution in [3.8, 4) is 0 Å². The van der Waals surface area contributed by atoms with Crippen LogP contribution in [0.3, 0.4) is 0 Å². The third kappa shape index (κ3) is 1.69. The van der Waals surface area contributed by atoms with Gasteiger partial charge in [0.05, 0.1) is 11.7 Å². The van der Waals surface area contributed by atoms with Crippen LogP contribution in [-0.2, 0) is 4.79 Å². The molecule has 0 amide bonds. The van der Waals surface area contributed by atoms with Gasteiger partial charge in [0.1, 0.15) is 17.6 Å². The molecular weight excluding hydrogens is 204 g/mol. The summed E-state index contributed by atoms with van der Waals surface area (Å²) in [6, 6.07) is 3.46. The summed E-state index contributed by atoms with van der Waals surface area (Å²) in [5.74, 6) is 0.691. The van der Waals surface area contributed by atoms with E-state index >= 15 is 0 Å². The summed E-state index contributed by atoms with van der Waals surface area (Å²) in [7, 11) is 0. The second-order valence-electron chi connectivity index (χ2n) is 4.99. The number of aliphatic hydroxyl groups is 1. The highest BCUT2D eigenvalue weighted by atomic mass is 16.4. The van der Waals surface area contributed by atoms with Gasteiger partial charge in [-0.2, -0.15) is 0 Å².